The summed E-state index contributed by atoms with van der Waals surface area (Å²) in [6, 6.07) is 0.403. The Morgan fingerprint density at radius 1 is 1.05 bits per heavy atom. The monoisotopic (exact) mass is 550 g/mol. The van der Waals surface area contributed by atoms with Crippen LogP contribution in [0.5, 0.6) is 0 Å². The highest BCUT2D eigenvalue weighted by Crippen LogP contribution is 2.33. The Balaban J connectivity index is 2.26. The Morgan fingerprint density at radius 2 is 1.72 bits per heavy atom. The number of carbonyl (C=O) groups is 1. The third-order valence-electron chi connectivity index (χ3n) is 8.90. The van der Waals surface area contributed by atoms with E-state index in [1.165, 1.54) is 5.71 Å². The van der Waals surface area contributed by atoms with E-state index in [9.17, 15) is 4.79 Å². The molecule has 8 unspecified atom stereocenters. The Bertz CT molecular complexity index is 812. The summed E-state index contributed by atoms with van der Waals surface area (Å²) in [5.41, 5.74) is 2.23. The van der Waals surface area contributed by atoms with Gasteiger partial charge in [0.25, 0.3) is 0 Å². The van der Waals surface area contributed by atoms with Gasteiger partial charge < -0.3 is 23.8 Å². The summed E-state index contributed by atoms with van der Waals surface area (Å²) in [5, 5.41) is 0. The van der Waals surface area contributed by atoms with E-state index in [0.717, 1.165) is 24.8 Å². The molecule has 0 spiro atoms. The van der Waals surface area contributed by atoms with E-state index in [-0.39, 0.29) is 60.2 Å². The second kappa shape index (κ2) is 15.6. The van der Waals surface area contributed by atoms with Crippen molar-refractivity contribution < 1.29 is 23.7 Å². The van der Waals surface area contributed by atoms with Crippen molar-refractivity contribution in [3.05, 3.63) is 12.2 Å². The van der Waals surface area contributed by atoms with Gasteiger partial charge in [-0.05, 0) is 76.8 Å². The second-order valence-electron chi connectivity index (χ2n) is 13.0. The maximum absolute atomic E-state index is 13.1. The molecule has 2 rings (SSSR count). The van der Waals surface area contributed by atoms with Gasteiger partial charge in [0.15, 0.2) is 6.29 Å². The van der Waals surface area contributed by atoms with Crippen molar-refractivity contribution >= 4 is 11.7 Å². The van der Waals surface area contributed by atoms with Crippen molar-refractivity contribution in [2.45, 2.75) is 112 Å². The second-order valence-corrected chi connectivity index (χ2v) is 13.0. The maximum Gasteiger partial charge on any atom is 0.308 e. The van der Waals surface area contributed by atoms with E-state index >= 15 is 0 Å². The molecule has 0 bridgehead atoms. The molecule has 7 nitrogen and oxygen atoms in total. The van der Waals surface area contributed by atoms with E-state index in [0.29, 0.717) is 31.6 Å². The fourth-order valence-corrected chi connectivity index (χ4v) is 6.55. The molecule has 10 atom stereocenters. The number of carbonyl (C=O) groups excluding carboxylic acids is 1. The van der Waals surface area contributed by atoms with Crippen LogP contribution in [-0.4, -0.2) is 81.6 Å². The lowest BCUT2D eigenvalue weighted by Gasteiger charge is -2.40. The molecule has 0 aromatic rings. The van der Waals surface area contributed by atoms with E-state index in [4.69, 9.17) is 18.9 Å². The van der Waals surface area contributed by atoms with Gasteiger partial charge in [0, 0.05) is 25.2 Å². The minimum Gasteiger partial charge on any atom is -0.465 e. The molecule has 0 saturated carbocycles. The number of cyclic esters (lactones) is 1. The summed E-state index contributed by atoms with van der Waals surface area (Å²) < 4.78 is 25.2. The number of aliphatic imine (C=N–C) groups is 1. The molecule has 2 fully saturated rings. The van der Waals surface area contributed by atoms with Crippen LogP contribution >= 0.6 is 0 Å². The number of rotatable bonds is 6. The summed E-state index contributed by atoms with van der Waals surface area (Å²) in [4.78, 5) is 20.0. The van der Waals surface area contributed by atoms with Crippen LogP contribution in [0, 0.1) is 35.5 Å². The molecule has 0 amide bonds. The predicted octanol–water partition coefficient (Wildman–Crippen LogP) is 6.01. The van der Waals surface area contributed by atoms with Crippen LogP contribution in [0.25, 0.3) is 0 Å². The Kier molecular flexibility index (Phi) is 13.6. The fourth-order valence-electron chi connectivity index (χ4n) is 6.55. The van der Waals surface area contributed by atoms with Gasteiger partial charge in [-0.2, -0.15) is 0 Å². The molecule has 0 N–H and O–H groups in total. The number of esters is 1. The molecule has 0 aromatic carbocycles. The smallest absolute Gasteiger partial charge is 0.308 e. The number of nitrogens with zero attached hydrogens (tertiary/aromatic N) is 2. The van der Waals surface area contributed by atoms with Crippen LogP contribution in [0.15, 0.2) is 17.1 Å². The van der Waals surface area contributed by atoms with Crippen molar-refractivity contribution in [2.75, 3.05) is 34.4 Å². The van der Waals surface area contributed by atoms with Crippen LogP contribution in [-0.2, 0) is 23.7 Å². The van der Waals surface area contributed by atoms with Crippen LogP contribution < -0.4 is 0 Å². The quantitative estimate of drug-likeness (QED) is 0.229. The highest BCUT2D eigenvalue weighted by atomic mass is 16.7. The summed E-state index contributed by atoms with van der Waals surface area (Å²) in [7, 11) is 6.10. The van der Waals surface area contributed by atoms with Crippen LogP contribution in [0.4, 0.5) is 0 Å². The first-order chi connectivity index (χ1) is 18.2. The first kappa shape index (κ1) is 33.9. The Labute approximate surface area is 239 Å². The molecule has 0 aliphatic carbocycles. The SMILES string of the molecule is C=C1COC(C)[C@H](OC2CC(N(C)C)CC(C)O2)C(C)CC(C)C(=O)OC[C@H](C)C(C(C)C(=NC)C(C)C)C1. The third kappa shape index (κ3) is 9.94. The topological polar surface area (TPSA) is 69.6 Å². The molecular formula is C32H58N2O5. The van der Waals surface area contributed by atoms with Crippen LogP contribution in [0.2, 0.25) is 0 Å². The van der Waals surface area contributed by atoms with Crippen molar-refractivity contribution in [2.24, 2.45) is 40.5 Å². The zero-order chi connectivity index (χ0) is 29.4. The highest BCUT2D eigenvalue weighted by Gasteiger charge is 2.36. The van der Waals surface area contributed by atoms with Crippen LogP contribution in [0.1, 0.15) is 81.1 Å². The lowest BCUT2D eigenvalue weighted by atomic mass is 9.75. The average molecular weight is 551 g/mol. The molecule has 2 aliphatic heterocycles. The molecule has 2 aliphatic rings. The molecule has 226 valence electrons. The lowest BCUT2D eigenvalue weighted by molar-refractivity contribution is -0.246. The minimum absolute atomic E-state index is 0.0805. The number of hydrogen-bond donors (Lipinski definition) is 0. The molecule has 39 heavy (non-hydrogen) atoms. The van der Waals surface area contributed by atoms with Gasteiger partial charge in [-0.3, -0.25) is 9.79 Å². The van der Waals surface area contributed by atoms with E-state index in [1.807, 2.05) is 14.0 Å². The van der Waals surface area contributed by atoms with Crippen molar-refractivity contribution in [1.82, 2.24) is 4.90 Å². The van der Waals surface area contributed by atoms with Gasteiger partial charge in [-0.25, -0.2) is 0 Å². The molecule has 2 saturated heterocycles. The van der Waals surface area contributed by atoms with Gasteiger partial charge in [0.1, 0.15) is 0 Å². The summed E-state index contributed by atoms with van der Waals surface area (Å²) in [5.74, 6) is 0.720. The summed E-state index contributed by atoms with van der Waals surface area (Å²) in [6.07, 6.45) is 2.67. The van der Waals surface area contributed by atoms with Crippen molar-refractivity contribution in [3.63, 3.8) is 0 Å². The fraction of sp³-hybridized carbons (Fsp3) is 0.875. The van der Waals surface area contributed by atoms with Crippen molar-refractivity contribution in [1.29, 1.82) is 0 Å². The van der Waals surface area contributed by atoms with E-state index in [2.05, 4.69) is 79.0 Å². The van der Waals surface area contributed by atoms with Gasteiger partial charge in [0.05, 0.1) is 37.4 Å². The first-order valence-corrected chi connectivity index (χ1v) is 15.1. The van der Waals surface area contributed by atoms with Crippen LogP contribution in [0.3, 0.4) is 0 Å². The summed E-state index contributed by atoms with van der Waals surface area (Å²) >= 11 is 0. The number of ether oxygens (including phenoxy) is 4. The summed E-state index contributed by atoms with van der Waals surface area (Å²) in [6.45, 7) is 22.3. The molecule has 0 radical (unpaired) electrons. The highest BCUT2D eigenvalue weighted by molar-refractivity contribution is 5.88. The Hall–Kier alpha value is -1.28. The average Bonchev–Trinajstić information content (AvgIpc) is 2.86. The minimum atomic E-state index is -0.308. The molecule has 2 heterocycles. The Morgan fingerprint density at radius 3 is 2.31 bits per heavy atom. The van der Waals surface area contributed by atoms with E-state index in [1.54, 1.807) is 0 Å². The normalized spacial score (nSPS) is 37.5. The molecular weight excluding hydrogens is 492 g/mol. The van der Waals surface area contributed by atoms with E-state index < -0.39 is 0 Å². The molecule has 0 aromatic heterocycles. The van der Waals surface area contributed by atoms with Gasteiger partial charge in [-0.1, -0.05) is 53.7 Å². The third-order valence-corrected chi connectivity index (χ3v) is 8.90. The maximum atomic E-state index is 13.1. The predicted molar refractivity (Wildman–Crippen MR) is 159 cm³/mol. The molecule has 7 heteroatoms. The lowest BCUT2D eigenvalue weighted by Crippen LogP contribution is -2.47. The van der Waals surface area contributed by atoms with Gasteiger partial charge >= 0.3 is 5.97 Å². The zero-order valence-electron chi connectivity index (χ0n) is 26.7. The number of hydrogen-bond acceptors (Lipinski definition) is 7. The van der Waals surface area contributed by atoms with Gasteiger partial charge in [0.2, 0.25) is 0 Å². The largest absolute Gasteiger partial charge is 0.465 e. The standard InChI is InChI=1S/C32H58N2O5/c1-19(2)30(33-10)25(8)28-13-20(3)17-36-26(9)31(21(4)14-22(5)32(35)37-18-23(28)6)39-29-16-27(34(11)12)15-24(7)38-29/h19,21-29,31H,3,13-18H2,1-2,4-12H3/t21?,22?,23-,24?,25?,26?,27?,28?,29?,31+/m0/s1. The van der Waals surface area contributed by atoms with Crippen molar-refractivity contribution in [3.8, 4) is 0 Å². The van der Waals surface area contributed by atoms with Gasteiger partial charge in [-0.15, -0.1) is 0 Å². The first-order valence-electron chi connectivity index (χ1n) is 15.1. The zero-order valence-corrected chi connectivity index (χ0v) is 26.7.